The van der Waals surface area contributed by atoms with Gasteiger partial charge >= 0.3 is 0 Å². The van der Waals surface area contributed by atoms with Crippen molar-refractivity contribution in [1.82, 2.24) is 4.98 Å². The van der Waals surface area contributed by atoms with Gasteiger partial charge in [-0.25, -0.2) is 0 Å². The summed E-state index contributed by atoms with van der Waals surface area (Å²) in [4.78, 5) is 5.18. The number of anilines is 1. The summed E-state index contributed by atoms with van der Waals surface area (Å²) in [5.41, 5.74) is -0.00533. The zero-order chi connectivity index (χ0) is 11.1. The molecule has 0 unspecified atom stereocenters. The molecule has 0 radical (unpaired) electrons. The summed E-state index contributed by atoms with van der Waals surface area (Å²) in [7, 11) is 0. The third-order valence-electron chi connectivity index (χ3n) is 2.72. The van der Waals surface area contributed by atoms with E-state index in [4.69, 9.17) is 28.9 Å². The average molecular weight is 245 g/mol. The number of hydrogen-bond donors (Lipinski definition) is 2. The van der Waals surface area contributed by atoms with Crippen LogP contribution in [0.5, 0.6) is 0 Å². The van der Waals surface area contributed by atoms with Crippen molar-refractivity contribution in [2.45, 2.75) is 6.92 Å². The number of hydrogen-bond acceptors (Lipinski definition) is 3. The second-order valence-electron chi connectivity index (χ2n) is 4.33. The van der Waals surface area contributed by atoms with Gasteiger partial charge in [0, 0.05) is 24.7 Å². The van der Waals surface area contributed by atoms with Crippen molar-refractivity contribution in [1.29, 1.82) is 0 Å². The molecule has 2 heterocycles. The first-order chi connectivity index (χ1) is 7.06. The maximum atomic E-state index is 9.14. The van der Waals surface area contributed by atoms with Crippen LogP contribution in [0.25, 0.3) is 0 Å². The summed E-state index contributed by atoms with van der Waals surface area (Å²) in [6, 6.07) is 1.77. The van der Waals surface area contributed by atoms with Crippen LogP contribution in [-0.2, 0) is 0 Å². The fourth-order valence-electron chi connectivity index (χ4n) is 1.81. The number of rotatable bonds is 2. The Kier molecular flexibility index (Phi) is 2.75. The van der Waals surface area contributed by atoms with Gasteiger partial charge in [-0.05, 0) is 6.07 Å². The second-order valence-corrected chi connectivity index (χ2v) is 5.15. The van der Waals surface area contributed by atoms with Crippen molar-refractivity contribution in [2.75, 3.05) is 24.6 Å². The summed E-state index contributed by atoms with van der Waals surface area (Å²) in [5.74, 6) is 0.857. The normalized spacial score (nSPS) is 18.7. The molecule has 0 spiro atoms. The first kappa shape index (κ1) is 10.9. The van der Waals surface area contributed by atoms with Crippen molar-refractivity contribution < 1.29 is 5.11 Å². The Morgan fingerprint density at radius 2 is 2.33 bits per heavy atom. The lowest BCUT2D eigenvalue weighted by atomic mass is 9.83. The maximum Gasteiger partial charge on any atom is 0.126 e. The van der Waals surface area contributed by atoms with Gasteiger partial charge in [-0.15, -0.1) is 0 Å². The van der Waals surface area contributed by atoms with E-state index in [1.807, 2.05) is 0 Å². The first-order valence-corrected chi connectivity index (χ1v) is 5.57. The molecule has 1 aliphatic rings. The van der Waals surface area contributed by atoms with E-state index < -0.39 is 0 Å². The van der Waals surface area contributed by atoms with Crippen LogP contribution in [0.1, 0.15) is 6.92 Å². The third kappa shape index (κ3) is 1.89. The van der Waals surface area contributed by atoms with Crippen LogP contribution in [0.2, 0.25) is 5.02 Å². The van der Waals surface area contributed by atoms with Gasteiger partial charge in [-0.2, -0.15) is 0 Å². The van der Waals surface area contributed by atoms with Crippen LogP contribution in [-0.4, -0.2) is 29.8 Å². The largest absolute Gasteiger partial charge is 0.396 e. The molecular weight excluding hydrogens is 232 g/mol. The number of nitrogens with one attached hydrogen (secondary N) is 1. The monoisotopic (exact) mass is 244 g/mol. The SMILES string of the molecule is CC1(CO)CN(c2[nH]ccc(=S)c2Cl)C1. The molecular formula is C10H13ClN2OS. The number of aliphatic hydroxyl groups is 1. The standard InChI is InChI=1S/C10H13ClN2OS/c1-10(6-14)4-13(5-10)9-8(11)7(15)2-3-12-9/h2-3,14H,4-6H2,1H3,(H,12,15). The Morgan fingerprint density at radius 3 is 2.93 bits per heavy atom. The summed E-state index contributed by atoms with van der Waals surface area (Å²) in [6.45, 7) is 3.86. The zero-order valence-corrected chi connectivity index (χ0v) is 10.0. The number of nitrogens with zero attached hydrogens (tertiary/aromatic N) is 1. The van der Waals surface area contributed by atoms with Gasteiger partial charge in [0.05, 0.1) is 16.1 Å². The Labute approximate surface area is 98.7 Å². The molecule has 5 heteroatoms. The predicted octanol–water partition coefficient (Wildman–Crippen LogP) is 2.22. The minimum Gasteiger partial charge on any atom is -0.396 e. The number of pyridine rings is 1. The number of aliphatic hydroxyl groups excluding tert-OH is 1. The highest BCUT2D eigenvalue weighted by Gasteiger charge is 2.39. The van der Waals surface area contributed by atoms with Crippen molar-refractivity contribution in [3.05, 3.63) is 21.8 Å². The van der Waals surface area contributed by atoms with Gasteiger partial charge < -0.3 is 15.0 Å². The molecule has 0 aliphatic carbocycles. The average Bonchev–Trinajstić information content (AvgIpc) is 2.18. The molecule has 1 aliphatic heterocycles. The van der Waals surface area contributed by atoms with E-state index in [9.17, 15) is 0 Å². The minimum absolute atomic E-state index is 0.00533. The van der Waals surface area contributed by atoms with Gasteiger partial charge in [-0.3, -0.25) is 0 Å². The topological polar surface area (TPSA) is 39.3 Å². The third-order valence-corrected chi connectivity index (χ3v) is 3.56. The summed E-state index contributed by atoms with van der Waals surface area (Å²) in [5, 5.41) is 9.73. The smallest absolute Gasteiger partial charge is 0.126 e. The van der Waals surface area contributed by atoms with Gasteiger partial charge in [-0.1, -0.05) is 30.7 Å². The Bertz CT molecular complexity index is 426. The van der Waals surface area contributed by atoms with Crippen molar-refractivity contribution >= 4 is 29.6 Å². The lowest BCUT2D eigenvalue weighted by molar-refractivity contribution is 0.110. The molecule has 0 saturated carbocycles. The zero-order valence-electron chi connectivity index (χ0n) is 8.46. The predicted molar refractivity (Wildman–Crippen MR) is 64.0 cm³/mol. The summed E-state index contributed by atoms with van der Waals surface area (Å²) < 4.78 is 0.656. The molecule has 1 saturated heterocycles. The molecule has 3 nitrogen and oxygen atoms in total. The highest BCUT2D eigenvalue weighted by molar-refractivity contribution is 7.71. The second kappa shape index (κ2) is 3.77. The molecule has 82 valence electrons. The van der Waals surface area contributed by atoms with E-state index in [2.05, 4.69) is 16.8 Å². The van der Waals surface area contributed by atoms with Crippen LogP contribution < -0.4 is 4.90 Å². The highest BCUT2D eigenvalue weighted by atomic mass is 35.5. The highest BCUT2D eigenvalue weighted by Crippen LogP contribution is 2.35. The molecule has 0 amide bonds. The van der Waals surface area contributed by atoms with Gasteiger partial charge in [0.25, 0.3) is 0 Å². The Balaban J connectivity index is 2.20. The molecule has 1 aromatic heterocycles. The van der Waals surface area contributed by atoms with Gasteiger partial charge in [0.2, 0.25) is 0 Å². The molecule has 0 bridgehead atoms. The summed E-state index contributed by atoms with van der Waals surface area (Å²) >= 11 is 11.2. The van der Waals surface area contributed by atoms with Crippen LogP contribution in [0, 0.1) is 9.93 Å². The van der Waals surface area contributed by atoms with Crippen LogP contribution in [0.3, 0.4) is 0 Å². The fourth-order valence-corrected chi connectivity index (χ4v) is 2.21. The maximum absolute atomic E-state index is 9.14. The van der Waals surface area contributed by atoms with E-state index in [0.717, 1.165) is 18.9 Å². The Morgan fingerprint density at radius 1 is 1.67 bits per heavy atom. The fraction of sp³-hybridized carbons (Fsp3) is 0.500. The van der Waals surface area contributed by atoms with Crippen molar-refractivity contribution in [3.8, 4) is 0 Å². The molecule has 2 rings (SSSR count). The van der Waals surface area contributed by atoms with E-state index in [0.29, 0.717) is 9.53 Å². The first-order valence-electron chi connectivity index (χ1n) is 4.79. The Hall–Kier alpha value is -0.580. The number of aromatic nitrogens is 1. The molecule has 2 N–H and O–H groups in total. The van der Waals surface area contributed by atoms with E-state index in [1.165, 1.54) is 0 Å². The molecule has 0 aromatic carbocycles. The van der Waals surface area contributed by atoms with E-state index >= 15 is 0 Å². The lowest BCUT2D eigenvalue weighted by Crippen LogP contribution is -2.57. The van der Waals surface area contributed by atoms with Crippen molar-refractivity contribution in [3.63, 3.8) is 0 Å². The molecule has 15 heavy (non-hydrogen) atoms. The van der Waals surface area contributed by atoms with Crippen LogP contribution >= 0.6 is 23.8 Å². The lowest BCUT2D eigenvalue weighted by Gasteiger charge is -2.48. The quantitative estimate of drug-likeness (QED) is 0.784. The van der Waals surface area contributed by atoms with Gasteiger partial charge in [0.1, 0.15) is 5.82 Å². The molecule has 0 atom stereocenters. The number of aromatic amines is 1. The van der Waals surface area contributed by atoms with E-state index in [-0.39, 0.29) is 12.0 Å². The molecule has 1 aromatic rings. The molecule has 1 fully saturated rings. The number of halogens is 1. The van der Waals surface area contributed by atoms with Gasteiger partial charge in [0.15, 0.2) is 0 Å². The summed E-state index contributed by atoms with van der Waals surface area (Å²) in [6.07, 6.45) is 1.79. The van der Waals surface area contributed by atoms with E-state index in [1.54, 1.807) is 12.3 Å². The van der Waals surface area contributed by atoms with Crippen LogP contribution in [0.15, 0.2) is 12.3 Å². The van der Waals surface area contributed by atoms with Crippen LogP contribution in [0.4, 0.5) is 5.82 Å². The van der Waals surface area contributed by atoms with Crippen molar-refractivity contribution in [2.24, 2.45) is 5.41 Å². The number of H-pyrrole nitrogens is 1. The minimum atomic E-state index is -0.00533.